The molecular weight excluding hydrogens is 294 g/mol. The van der Waals surface area contributed by atoms with Crippen LogP contribution in [0.4, 0.5) is 5.13 Å². The van der Waals surface area contributed by atoms with E-state index in [0.717, 1.165) is 23.8 Å². The first-order valence-corrected chi connectivity index (χ1v) is 7.43. The van der Waals surface area contributed by atoms with Gasteiger partial charge in [0.25, 0.3) is 0 Å². The van der Waals surface area contributed by atoms with Crippen LogP contribution in [0.5, 0.6) is 0 Å². The Hall–Kier alpha value is -1.43. The topological polar surface area (TPSA) is 45.2 Å². The number of benzene rings is 1. The second kappa shape index (κ2) is 6.83. The van der Waals surface area contributed by atoms with Gasteiger partial charge in [-0.1, -0.05) is 23.7 Å². The zero-order valence-electron chi connectivity index (χ0n) is 11.4. The number of carbonyl (C=O) groups is 1. The van der Waals surface area contributed by atoms with E-state index in [0.29, 0.717) is 5.13 Å². The van der Waals surface area contributed by atoms with E-state index >= 15 is 0 Å². The van der Waals surface area contributed by atoms with Gasteiger partial charge in [-0.15, -0.1) is 11.3 Å². The lowest BCUT2D eigenvalue weighted by atomic mass is 10.2. The summed E-state index contributed by atoms with van der Waals surface area (Å²) in [6.45, 7) is 3.04. The highest BCUT2D eigenvalue weighted by Gasteiger charge is 2.07. The number of carbonyl (C=O) groups excluding carboxylic acids is 1. The molecule has 2 aromatic rings. The van der Waals surface area contributed by atoms with E-state index in [9.17, 15) is 4.79 Å². The van der Waals surface area contributed by atoms with Crippen molar-refractivity contribution >= 4 is 34.0 Å². The highest BCUT2D eigenvalue weighted by molar-refractivity contribution is 7.13. The number of aromatic nitrogens is 1. The standard InChI is InChI=1S/C14H16ClN3OS/c1-10(19)16-14-17-13(9-20-14)8-18(2)7-11-3-5-12(15)6-4-11/h3-6,9H,7-8H2,1-2H3,(H,16,17,19). The molecule has 4 nitrogen and oxygen atoms in total. The Balaban J connectivity index is 1.90. The highest BCUT2D eigenvalue weighted by Crippen LogP contribution is 2.17. The third-order valence-corrected chi connectivity index (χ3v) is 3.69. The summed E-state index contributed by atoms with van der Waals surface area (Å²) in [7, 11) is 2.03. The van der Waals surface area contributed by atoms with Crippen LogP contribution in [0.25, 0.3) is 0 Å². The molecule has 0 saturated heterocycles. The minimum Gasteiger partial charge on any atom is -0.302 e. The average molecular weight is 310 g/mol. The van der Waals surface area contributed by atoms with Gasteiger partial charge in [0, 0.05) is 30.4 Å². The first-order chi connectivity index (χ1) is 9.52. The predicted octanol–water partition coefficient (Wildman–Crippen LogP) is 3.39. The lowest BCUT2D eigenvalue weighted by Crippen LogP contribution is -2.17. The number of amides is 1. The van der Waals surface area contributed by atoms with Gasteiger partial charge in [0.1, 0.15) is 0 Å². The molecule has 0 saturated carbocycles. The summed E-state index contributed by atoms with van der Waals surface area (Å²) in [6.07, 6.45) is 0. The number of nitrogens with zero attached hydrogens (tertiary/aromatic N) is 2. The molecule has 0 aliphatic carbocycles. The smallest absolute Gasteiger partial charge is 0.223 e. The molecule has 1 aromatic heterocycles. The van der Waals surface area contributed by atoms with Crippen LogP contribution in [-0.4, -0.2) is 22.8 Å². The van der Waals surface area contributed by atoms with Crippen molar-refractivity contribution in [1.82, 2.24) is 9.88 Å². The van der Waals surface area contributed by atoms with Crippen LogP contribution in [-0.2, 0) is 17.9 Å². The number of hydrogen-bond donors (Lipinski definition) is 1. The van der Waals surface area contributed by atoms with Gasteiger partial charge in [0.05, 0.1) is 5.69 Å². The number of rotatable bonds is 5. The van der Waals surface area contributed by atoms with Crippen LogP contribution in [0.1, 0.15) is 18.2 Å². The fourth-order valence-corrected chi connectivity index (χ4v) is 2.70. The third kappa shape index (κ3) is 4.59. The zero-order chi connectivity index (χ0) is 14.5. The molecular formula is C14H16ClN3OS. The summed E-state index contributed by atoms with van der Waals surface area (Å²) in [5, 5.41) is 6.04. The lowest BCUT2D eigenvalue weighted by Gasteiger charge is -2.15. The molecule has 1 N–H and O–H groups in total. The number of anilines is 1. The average Bonchev–Trinajstić information content (AvgIpc) is 2.78. The van der Waals surface area contributed by atoms with Gasteiger partial charge < -0.3 is 5.32 Å². The normalized spacial score (nSPS) is 10.8. The van der Waals surface area contributed by atoms with Gasteiger partial charge in [0.15, 0.2) is 5.13 Å². The Bertz CT molecular complexity index is 582. The molecule has 0 radical (unpaired) electrons. The second-order valence-electron chi connectivity index (χ2n) is 4.62. The molecule has 0 aliphatic heterocycles. The number of nitrogens with one attached hydrogen (secondary N) is 1. The first-order valence-electron chi connectivity index (χ1n) is 6.18. The van der Waals surface area contributed by atoms with Crippen molar-refractivity contribution in [2.45, 2.75) is 20.0 Å². The molecule has 1 heterocycles. The number of thiazole rings is 1. The van der Waals surface area contributed by atoms with Gasteiger partial charge >= 0.3 is 0 Å². The Kier molecular flexibility index (Phi) is 5.11. The van der Waals surface area contributed by atoms with Crippen molar-refractivity contribution in [2.75, 3.05) is 12.4 Å². The molecule has 0 bridgehead atoms. The zero-order valence-corrected chi connectivity index (χ0v) is 13.0. The highest BCUT2D eigenvalue weighted by atomic mass is 35.5. The van der Waals surface area contributed by atoms with Crippen molar-refractivity contribution < 1.29 is 4.79 Å². The molecule has 0 fully saturated rings. The molecule has 0 atom stereocenters. The van der Waals surface area contributed by atoms with Crippen molar-refractivity contribution in [3.63, 3.8) is 0 Å². The molecule has 0 unspecified atom stereocenters. The quantitative estimate of drug-likeness (QED) is 0.921. The molecule has 106 valence electrons. The van der Waals surface area contributed by atoms with Crippen molar-refractivity contribution in [1.29, 1.82) is 0 Å². The summed E-state index contributed by atoms with van der Waals surface area (Å²) in [5.74, 6) is -0.0968. The second-order valence-corrected chi connectivity index (χ2v) is 5.92. The van der Waals surface area contributed by atoms with Gasteiger partial charge in [-0.2, -0.15) is 0 Å². The molecule has 2 rings (SSSR count). The maximum atomic E-state index is 10.9. The Morgan fingerprint density at radius 2 is 2.05 bits per heavy atom. The minimum atomic E-state index is -0.0968. The van der Waals surface area contributed by atoms with Crippen molar-refractivity contribution in [3.05, 3.63) is 45.9 Å². The SMILES string of the molecule is CC(=O)Nc1nc(CN(C)Cc2ccc(Cl)cc2)cs1. The van der Waals surface area contributed by atoms with Crippen LogP contribution in [0.15, 0.2) is 29.6 Å². The molecule has 6 heteroatoms. The van der Waals surface area contributed by atoms with Crippen LogP contribution in [0.2, 0.25) is 5.02 Å². The molecule has 0 aliphatic rings. The maximum Gasteiger partial charge on any atom is 0.223 e. The summed E-state index contributed by atoms with van der Waals surface area (Å²) in [6, 6.07) is 7.82. The fourth-order valence-electron chi connectivity index (χ4n) is 1.82. The molecule has 1 amide bonds. The van der Waals surface area contributed by atoms with Crippen LogP contribution < -0.4 is 5.32 Å². The van der Waals surface area contributed by atoms with Gasteiger partial charge in [-0.05, 0) is 24.7 Å². The van der Waals surface area contributed by atoms with Gasteiger partial charge in [0.2, 0.25) is 5.91 Å². The van der Waals surface area contributed by atoms with E-state index in [-0.39, 0.29) is 5.91 Å². The Labute approximate surface area is 127 Å². The van der Waals surface area contributed by atoms with E-state index in [1.165, 1.54) is 23.8 Å². The van der Waals surface area contributed by atoms with Gasteiger partial charge in [-0.3, -0.25) is 9.69 Å². The molecule has 1 aromatic carbocycles. The van der Waals surface area contributed by atoms with E-state index in [1.807, 2.05) is 36.7 Å². The van der Waals surface area contributed by atoms with Crippen molar-refractivity contribution in [3.8, 4) is 0 Å². The first kappa shape index (κ1) is 15.0. The number of halogens is 1. The van der Waals surface area contributed by atoms with Crippen LogP contribution in [0, 0.1) is 0 Å². The summed E-state index contributed by atoms with van der Waals surface area (Å²) in [4.78, 5) is 17.5. The van der Waals surface area contributed by atoms with Crippen molar-refractivity contribution in [2.24, 2.45) is 0 Å². The number of hydrogen-bond acceptors (Lipinski definition) is 4. The fraction of sp³-hybridized carbons (Fsp3) is 0.286. The van der Waals surface area contributed by atoms with E-state index in [2.05, 4.69) is 15.2 Å². The summed E-state index contributed by atoms with van der Waals surface area (Å²) >= 11 is 7.31. The Morgan fingerprint density at radius 3 is 2.70 bits per heavy atom. The third-order valence-electron chi connectivity index (χ3n) is 2.63. The van der Waals surface area contributed by atoms with E-state index < -0.39 is 0 Å². The van der Waals surface area contributed by atoms with Crippen LogP contribution in [0.3, 0.4) is 0 Å². The Morgan fingerprint density at radius 1 is 1.35 bits per heavy atom. The maximum absolute atomic E-state index is 10.9. The predicted molar refractivity (Wildman–Crippen MR) is 83.0 cm³/mol. The summed E-state index contributed by atoms with van der Waals surface area (Å²) in [5.41, 5.74) is 2.16. The lowest BCUT2D eigenvalue weighted by molar-refractivity contribution is -0.114. The van der Waals surface area contributed by atoms with E-state index in [1.54, 1.807) is 0 Å². The summed E-state index contributed by atoms with van der Waals surface area (Å²) < 4.78 is 0. The monoisotopic (exact) mass is 309 g/mol. The molecule has 0 spiro atoms. The largest absolute Gasteiger partial charge is 0.302 e. The van der Waals surface area contributed by atoms with Crippen LogP contribution >= 0.6 is 22.9 Å². The molecule has 20 heavy (non-hydrogen) atoms. The van der Waals surface area contributed by atoms with E-state index in [4.69, 9.17) is 11.6 Å². The minimum absolute atomic E-state index is 0.0968. The van der Waals surface area contributed by atoms with Gasteiger partial charge in [-0.25, -0.2) is 4.98 Å².